The highest BCUT2D eigenvalue weighted by atomic mass is 16.5. The number of carbonyl (C=O) groups is 1. The van der Waals surface area contributed by atoms with Crippen LogP contribution in [0.15, 0.2) is 22.9 Å². The molecule has 0 aromatic carbocycles. The zero-order valence-electron chi connectivity index (χ0n) is 23.8. The molecule has 0 unspecified atom stereocenters. The number of piperazine rings is 1. The molecule has 0 saturated carbocycles. The van der Waals surface area contributed by atoms with Crippen molar-refractivity contribution in [3.05, 3.63) is 35.5 Å². The van der Waals surface area contributed by atoms with Crippen LogP contribution in [0.2, 0.25) is 0 Å². The van der Waals surface area contributed by atoms with Crippen LogP contribution in [0, 0.1) is 0 Å². The van der Waals surface area contributed by atoms with Gasteiger partial charge in [0.1, 0.15) is 12.0 Å². The van der Waals surface area contributed by atoms with Crippen LogP contribution in [0.25, 0.3) is 17.3 Å². The summed E-state index contributed by atoms with van der Waals surface area (Å²) in [4.78, 5) is 24.9. The molecule has 0 amide bonds. The molecule has 3 aromatic heterocycles. The summed E-state index contributed by atoms with van der Waals surface area (Å²) in [5, 5.41) is 7.99. The standard InChI is InChI=1S/C26H35N7O4.C2H6/c1-18(2)32-9-7-31(8-10-32)17-20-16-29-26(37-20)24-21-4-12-36-13-5-23(21)33(30-24)19-14-22(27-6-11-34)25(35-3)28-15-19;1-2/h11,14-16,18,27H,4-10,12-13,17H2,1-3H3;1-2H3. The van der Waals surface area contributed by atoms with Crippen LogP contribution in [0.1, 0.15) is 44.7 Å². The molecule has 1 saturated heterocycles. The van der Waals surface area contributed by atoms with Crippen LogP contribution in [-0.4, -0.2) is 94.9 Å². The molecule has 11 heteroatoms. The van der Waals surface area contributed by atoms with Crippen molar-refractivity contribution < 1.29 is 18.7 Å². The van der Waals surface area contributed by atoms with E-state index in [4.69, 9.17) is 19.0 Å². The molecule has 11 nitrogen and oxygen atoms in total. The lowest BCUT2D eigenvalue weighted by Gasteiger charge is -2.36. The van der Waals surface area contributed by atoms with E-state index >= 15 is 0 Å². The van der Waals surface area contributed by atoms with Gasteiger partial charge >= 0.3 is 0 Å². The van der Waals surface area contributed by atoms with Gasteiger partial charge in [0.05, 0.1) is 62.9 Å². The number of anilines is 1. The first-order valence-corrected chi connectivity index (χ1v) is 13.9. The Morgan fingerprint density at radius 3 is 2.59 bits per heavy atom. The molecule has 212 valence electrons. The van der Waals surface area contributed by atoms with Crippen molar-refractivity contribution in [2.24, 2.45) is 0 Å². The minimum Gasteiger partial charge on any atom is -0.480 e. The molecule has 39 heavy (non-hydrogen) atoms. The van der Waals surface area contributed by atoms with Crippen molar-refractivity contribution in [2.75, 3.05) is 58.4 Å². The molecule has 0 aliphatic carbocycles. The van der Waals surface area contributed by atoms with Gasteiger partial charge in [-0.2, -0.15) is 5.10 Å². The van der Waals surface area contributed by atoms with Crippen LogP contribution < -0.4 is 10.1 Å². The number of fused-ring (bicyclic) bond motifs is 1. The first-order valence-electron chi connectivity index (χ1n) is 13.9. The van der Waals surface area contributed by atoms with Crippen molar-refractivity contribution in [2.45, 2.75) is 53.1 Å². The Balaban J connectivity index is 0.00000172. The molecule has 1 N–H and O–H groups in total. The van der Waals surface area contributed by atoms with Gasteiger partial charge in [-0.3, -0.25) is 9.80 Å². The third kappa shape index (κ3) is 6.66. The number of ether oxygens (including phenoxy) is 2. The van der Waals surface area contributed by atoms with E-state index in [1.807, 2.05) is 30.8 Å². The van der Waals surface area contributed by atoms with E-state index in [-0.39, 0.29) is 6.54 Å². The van der Waals surface area contributed by atoms with Crippen LogP contribution in [-0.2, 0) is 28.9 Å². The molecular formula is C28H41N7O4. The summed E-state index contributed by atoms with van der Waals surface area (Å²) in [6.07, 6.45) is 5.76. The highest BCUT2D eigenvalue weighted by Gasteiger charge is 2.26. The van der Waals surface area contributed by atoms with Crippen molar-refractivity contribution in [1.82, 2.24) is 29.5 Å². The fourth-order valence-corrected chi connectivity index (χ4v) is 4.98. The first kappa shape index (κ1) is 28.7. The zero-order valence-corrected chi connectivity index (χ0v) is 23.8. The van der Waals surface area contributed by atoms with Crippen molar-refractivity contribution in [3.8, 4) is 23.2 Å². The molecule has 1 fully saturated rings. The fourth-order valence-electron chi connectivity index (χ4n) is 4.98. The summed E-state index contributed by atoms with van der Waals surface area (Å²) in [5.74, 6) is 1.78. The van der Waals surface area contributed by atoms with Crippen molar-refractivity contribution in [1.29, 1.82) is 0 Å². The quantitative estimate of drug-likeness (QED) is 0.407. The van der Waals surface area contributed by atoms with Gasteiger partial charge in [0.2, 0.25) is 11.8 Å². The Morgan fingerprint density at radius 1 is 1.10 bits per heavy atom. The number of pyridine rings is 1. The maximum atomic E-state index is 10.9. The predicted octanol–water partition coefficient (Wildman–Crippen LogP) is 3.21. The van der Waals surface area contributed by atoms with E-state index in [1.165, 1.54) is 0 Å². The number of rotatable bonds is 9. The number of aromatic nitrogens is 4. The summed E-state index contributed by atoms with van der Waals surface area (Å²) in [6, 6.07) is 2.46. The Bertz CT molecular complexity index is 1210. The third-order valence-electron chi connectivity index (χ3n) is 6.99. The second kappa shape index (κ2) is 13.7. The first-order chi connectivity index (χ1) is 19.1. The Hall–Kier alpha value is -3.28. The van der Waals surface area contributed by atoms with Crippen LogP contribution in [0.4, 0.5) is 5.69 Å². The van der Waals surface area contributed by atoms with Gasteiger partial charge in [0.15, 0.2) is 5.69 Å². The molecule has 0 radical (unpaired) electrons. The highest BCUT2D eigenvalue weighted by molar-refractivity contribution is 5.65. The average Bonchev–Trinajstić information content (AvgIpc) is 3.49. The van der Waals surface area contributed by atoms with E-state index in [2.05, 4.69) is 38.9 Å². The Kier molecular flexibility index (Phi) is 10.1. The van der Waals surface area contributed by atoms with E-state index in [1.54, 1.807) is 13.3 Å². The SMILES string of the molecule is CC.COc1ncc(-n2nc(-c3ncc(CN4CCN(C(C)C)CC4)o3)c3c2CCOCC3)cc1NCC=O. The number of oxazole rings is 1. The smallest absolute Gasteiger partial charge is 0.247 e. The Morgan fingerprint density at radius 2 is 1.87 bits per heavy atom. The highest BCUT2D eigenvalue weighted by Crippen LogP contribution is 2.32. The van der Waals surface area contributed by atoms with Crippen molar-refractivity contribution in [3.63, 3.8) is 0 Å². The maximum Gasteiger partial charge on any atom is 0.247 e. The van der Waals surface area contributed by atoms with Gasteiger partial charge in [-0.1, -0.05) is 13.8 Å². The summed E-state index contributed by atoms with van der Waals surface area (Å²) < 4.78 is 19.3. The minimum absolute atomic E-state index is 0.156. The number of aldehydes is 1. The van der Waals surface area contributed by atoms with Gasteiger partial charge in [-0.15, -0.1) is 0 Å². The fraction of sp³-hybridized carbons (Fsp3) is 0.571. The average molecular weight is 540 g/mol. The van der Waals surface area contributed by atoms with Crippen LogP contribution in [0.3, 0.4) is 0 Å². The molecule has 2 aliphatic heterocycles. The second-order valence-corrected chi connectivity index (χ2v) is 9.63. The zero-order chi connectivity index (χ0) is 27.8. The number of carbonyl (C=O) groups excluding carboxylic acids is 1. The largest absolute Gasteiger partial charge is 0.480 e. The van der Waals surface area contributed by atoms with Crippen molar-refractivity contribution >= 4 is 12.0 Å². The second-order valence-electron chi connectivity index (χ2n) is 9.63. The number of methoxy groups -OCH3 is 1. The maximum absolute atomic E-state index is 10.9. The number of hydrogen-bond donors (Lipinski definition) is 1. The molecule has 0 bridgehead atoms. The van der Waals surface area contributed by atoms with Crippen LogP contribution >= 0.6 is 0 Å². The Labute approximate surface area is 230 Å². The summed E-state index contributed by atoms with van der Waals surface area (Å²) in [5.41, 5.74) is 4.24. The molecule has 5 rings (SSSR count). The number of nitrogens with zero attached hydrogens (tertiary/aromatic N) is 6. The van der Waals surface area contributed by atoms with E-state index in [9.17, 15) is 4.79 Å². The molecule has 3 aromatic rings. The molecule has 0 atom stereocenters. The monoisotopic (exact) mass is 539 g/mol. The summed E-state index contributed by atoms with van der Waals surface area (Å²) in [7, 11) is 1.55. The predicted molar refractivity (Wildman–Crippen MR) is 150 cm³/mol. The van der Waals surface area contributed by atoms with Gasteiger partial charge in [-0.25, -0.2) is 14.6 Å². The third-order valence-corrected chi connectivity index (χ3v) is 6.99. The summed E-state index contributed by atoms with van der Waals surface area (Å²) in [6.45, 7) is 14.8. The normalized spacial score (nSPS) is 16.3. The van der Waals surface area contributed by atoms with Crippen LogP contribution in [0.5, 0.6) is 5.88 Å². The van der Waals surface area contributed by atoms with Gasteiger partial charge in [0, 0.05) is 44.2 Å². The lowest BCUT2D eigenvalue weighted by molar-refractivity contribution is -0.106. The lowest BCUT2D eigenvalue weighted by Crippen LogP contribution is -2.48. The lowest BCUT2D eigenvalue weighted by atomic mass is 10.1. The van der Waals surface area contributed by atoms with Gasteiger partial charge in [-0.05, 0) is 26.3 Å². The summed E-state index contributed by atoms with van der Waals surface area (Å²) >= 11 is 0. The topological polar surface area (TPSA) is 111 Å². The van der Waals surface area contributed by atoms with E-state index < -0.39 is 0 Å². The molecule has 2 aliphatic rings. The number of nitrogens with one attached hydrogen (secondary N) is 1. The molecular weight excluding hydrogens is 498 g/mol. The van der Waals surface area contributed by atoms with E-state index in [0.29, 0.717) is 43.1 Å². The molecule has 0 spiro atoms. The number of hydrogen-bond acceptors (Lipinski definition) is 10. The van der Waals surface area contributed by atoms with Gasteiger partial charge < -0.3 is 24.0 Å². The van der Waals surface area contributed by atoms with E-state index in [0.717, 1.165) is 73.8 Å². The molecule has 5 heterocycles. The van der Waals surface area contributed by atoms with Gasteiger partial charge in [0.25, 0.3) is 0 Å². The minimum atomic E-state index is 0.156.